The molecular formula is C7H3Cl2NOS. The molecule has 62 valence electrons. The lowest BCUT2D eigenvalue weighted by molar-refractivity contribution is 0.476. The lowest BCUT2D eigenvalue weighted by Crippen LogP contribution is -1.69. The molecule has 0 aliphatic carbocycles. The van der Waals surface area contributed by atoms with Gasteiger partial charge in [-0.1, -0.05) is 23.2 Å². The summed E-state index contributed by atoms with van der Waals surface area (Å²) in [5, 5.41) is 9.55. The molecule has 0 unspecified atom stereocenters. The van der Waals surface area contributed by atoms with Crippen molar-refractivity contribution in [2.75, 3.05) is 0 Å². The first-order valence-electron chi connectivity index (χ1n) is 3.12. The van der Waals surface area contributed by atoms with Gasteiger partial charge in [-0.05, 0) is 12.1 Å². The summed E-state index contributed by atoms with van der Waals surface area (Å²) in [7, 11) is 0. The Balaban J connectivity index is 2.89. The molecule has 0 amide bonds. The van der Waals surface area contributed by atoms with E-state index in [2.05, 4.69) is 4.98 Å². The largest absolute Gasteiger partial charge is 0.506 e. The fourth-order valence-corrected chi connectivity index (χ4v) is 2.25. The molecular weight excluding hydrogens is 217 g/mol. The summed E-state index contributed by atoms with van der Waals surface area (Å²) in [6.07, 6.45) is 0. The van der Waals surface area contributed by atoms with E-state index in [9.17, 15) is 5.11 Å². The molecule has 12 heavy (non-hydrogen) atoms. The van der Waals surface area contributed by atoms with Crippen LogP contribution < -0.4 is 0 Å². The second-order valence-corrected chi connectivity index (χ2v) is 4.17. The Hall–Kier alpha value is -0.510. The minimum Gasteiger partial charge on any atom is -0.506 e. The Morgan fingerprint density at radius 3 is 2.83 bits per heavy atom. The van der Waals surface area contributed by atoms with Gasteiger partial charge in [-0.3, -0.25) is 0 Å². The molecule has 0 aliphatic heterocycles. The van der Waals surface area contributed by atoms with Crippen LogP contribution in [0.1, 0.15) is 0 Å². The number of benzene rings is 1. The van der Waals surface area contributed by atoms with Crippen LogP contribution in [0.2, 0.25) is 9.49 Å². The Labute approximate surface area is 82.4 Å². The number of nitrogens with zero attached hydrogens (tertiary/aromatic N) is 1. The number of thiazole rings is 1. The average molecular weight is 220 g/mol. The van der Waals surface area contributed by atoms with E-state index >= 15 is 0 Å². The van der Waals surface area contributed by atoms with Crippen LogP contribution in [0.4, 0.5) is 0 Å². The minimum atomic E-state index is 0.0597. The van der Waals surface area contributed by atoms with Gasteiger partial charge in [-0.25, -0.2) is 4.98 Å². The molecule has 0 aliphatic rings. The van der Waals surface area contributed by atoms with Gasteiger partial charge in [0.2, 0.25) is 0 Å². The van der Waals surface area contributed by atoms with Gasteiger partial charge in [-0.15, -0.1) is 11.3 Å². The molecule has 5 heteroatoms. The van der Waals surface area contributed by atoms with Crippen molar-refractivity contribution in [2.45, 2.75) is 0 Å². The number of fused-ring (bicyclic) bond motifs is 1. The van der Waals surface area contributed by atoms with E-state index in [1.807, 2.05) is 0 Å². The van der Waals surface area contributed by atoms with Crippen molar-refractivity contribution in [1.82, 2.24) is 4.98 Å². The predicted molar refractivity (Wildman–Crippen MR) is 51.3 cm³/mol. The third-order valence-corrected chi connectivity index (χ3v) is 3.14. The average Bonchev–Trinajstić information content (AvgIpc) is 2.39. The van der Waals surface area contributed by atoms with Gasteiger partial charge < -0.3 is 5.11 Å². The second-order valence-electron chi connectivity index (χ2n) is 2.21. The van der Waals surface area contributed by atoms with E-state index in [1.165, 1.54) is 17.4 Å². The molecule has 0 spiro atoms. The third kappa shape index (κ3) is 1.14. The Morgan fingerprint density at radius 1 is 1.33 bits per heavy atom. The van der Waals surface area contributed by atoms with E-state index in [1.54, 1.807) is 6.07 Å². The summed E-state index contributed by atoms with van der Waals surface area (Å²) in [6.45, 7) is 0. The van der Waals surface area contributed by atoms with Crippen LogP contribution in [0.25, 0.3) is 10.2 Å². The summed E-state index contributed by atoms with van der Waals surface area (Å²) in [6, 6.07) is 3.18. The summed E-state index contributed by atoms with van der Waals surface area (Å²) >= 11 is 12.7. The van der Waals surface area contributed by atoms with Gasteiger partial charge in [0.1, 0.15) is 10.8 Å². The summed E-state index contributed by atoms with van der Waals surface area (Å²) in [5.41, 5.74) is 0.716. The van der Waals surface area contributed by atoms with Crippen LogP contribution in [0, 0.1) is 0 Å². The Morgan fingerprint density at radius 2 is 2.08 bits per heavy atom. The van der Waals surface area contributed by atoms with Crippen molar-refractivity contribution in [2.24, 2.45) is 0 Å². The predicted octanol–water partition coefficient (Wildman–Crippen LogP) is 3.31. The molecule has 2 rings (SSSR count). The summed E-state index contributed by atoms with van der Waals surface area (Å²) in [5.74, 6) is 0.0597. The summed E-state index contributed by atoms with van der Waals surface area (Å²) < 4.78 is 1.15. The van der Waals surface area contributed by atoms with Crippen molar-refractivity contribution >= 4 is 44.8 Å². The fraction of sp³-hybridized carbons (Fsp3) is 0. The normalized spacial score (nSPS) is 10.8. The van der Waals surface area contributed by atoms with E-state index in [4.69, 9.17) is 23.2 Å². The lowest BCUT2D eigenvalue weighted by Gasteiger charge is -1.94. The van der Waals surface area contributed by atoms with Crippen molar-refractivity contribution < 1.29 is 5.11 Å². The number of hydrogen-bond acceptors (Lipinski definition) is 3. The molecule has 0 saturated carbocycles. The zero-order valence-electron chi connectivity index (χ0n) is 5.71. The van der Waals surface area contributed by atoms with E-state index in [-0.39, 0.29) is 5.75 Å². The molecule has 0 bridgehead atoms. The van der Waals surface area contributed by atoms with Crippen LogP contribution in [0.5, 0.6) is 5.75 Å². The zero-order chi connectivity index (χ0) is 8.72. The van der Waals surface area contributed by atoms with Gasteiger partial charge in [0.15, 0.2) is 4.47 Å². The molecule has 0 atom stereocenters. The molecule has 0 fully saturated rings. The monoisotopic (exact) mass is 219 g/mol. The SMILES string of the molecule is Oc1ccc2nc(Cl)sc2c1Cl. The summed E-state index contributed by atoms with van der Waals surface area (Å²) in [4.78, 5) is 4.00. The number of aromatic hydroxyl groups is 1. The molecule has 1 N–H and O–H groups in total. The molecule has 1 heterocycles. The standard InChI is InChI=1S/C7H3Cl2NOS/c8-5-4(11)2-1-3-6(5)12-7(9)10-3/h1-2,11H. The Bertz CT molecular complexity index is 440. The first-order chi connectivity index (χ1) is 5.68. The number of hydrogen-bond donors (Lipinski definition) is 1. The molecule has 0 radical (unpaired) electrons. The quantitative estimate of drug-likeness (QED) is 0.738. The number of aromatic nitrogens is 1. The molecule has 2 nitrogen and oxygen atoms in total. The van der Waals surface area contributed by atoms with Crippen molar-refractivity contribution in [3.8, 4) is 5.75 Å². The van der Waals surface area contributed by atoms with Gasteiger partial charge in [0, 0.05) is 0 Å². The maximum atomic E-state index is 9.23. The minimum absolute atomic E-state index is 0.0597. The van der Waals surface area contributed by atoms with Crippen molar-refractivity contribution in [3.63, 3.8) is 0 Å². The van der Waals surface area contributed by atoms with Crippen LogP contribution in [0.15, 0.2) is 12.1 Å². The highest BCUT2D eigenvalue weighted by Crippen LogP contribution is 2.36. The number of rotatable bonds is 0. The van der Waals surface area contributed by atoms with Crippen LogP contribution in [-0.2, 0) is 0 Å². The third-order valence-electron chi connectivity index (χ3n) is 1.45. The van der Waals surface area contributed by atoms with E-state index in [0.29, 0.717) is 15.0 Å². The van der Waals surface area contributed by atoms with Gasteiger partial charge in [0.05, 0.1) is 10.2 Å². The van der Waals surface area contributed by atoms with Crippen molar-refractivity contribution in [3.05, 3.63) is 21.6 Å². The number of phenolic OH excluding ortho intramolecular Hbond substituents is 1. The zero-order valence-corrected chi connectivity index (χ0v) is 8.04. The van der Waals surface area contributed by atoms with E-state index in [0.717, 1.165) is 4.70 Å². The lowest BCUT2D eigenvalue weighted by atomic mass is 10.3. The van der Waals surface area contributed by atoms with Crippen LogP contribution >= 0.6 is 34.5 Å². The molecule has 1 aromatic heterocycles. The second kappa shape index (κ2) is 2.76. The van der Waals surface area contributed by atoms with E-state index < -0.39 is 0 Å². The highest BCUT2D eigenvalue weighted by atomic mass is 35.5. The highest BCUT2D eigenvalue weighted by Gasteiger charge is 2.08. The highest BCUT2D eigenvalue weighted by molar-refractivity contribution is 7.22. The van der Waals surface area contributed by atoms with Crippen LogP contribution in [-0.4, -0.2) is 10.1 Å². The number of halogens is 2. The molecule has 0 saturated heterocycles. The maximum absolute atomic E-state index is 9.23. The molecule has 1 aromatic carbocycles. The fourth-order valence-electron chi connectivity index (χ4n) is 0.922. The smallest absolute Gasteiger partial charge is 0.184 e. The topological polar surface area (TPSA) is 33.1 Å². The maximum Gasteiger partial charge on any atom is 0.184 e. The first-order valence-corrected chi connectivity index (χ1v) is 4.69. The van der Waals surface area contributed by atoms with Crippen molar-refractivity contribution in [1.29, 1.82) is 0 Å². The Kier molecular flexibility index (Phi) is 1.87. The van der Waals surface area contributed by atoms with Gasteiger partial charge in [0.25, 0.3) is 0 Å². The number of phenols is 1. The molecule has 2 aromatic rings. The van der Waals surface area contributed by atoms with Crippen LogP contribution in [0.3, 0.4) is 0 Å². The van der Waals surface area contributed by atoms with Gasteiger partial charge in [-0.2, -0.15) is 0 Å². The first kappa shape index (κ1) is 8.10. The van der Waals surface area contributed by atoms with Gasteiger partial charge >= 0.3 is 0 Å².